The van der Waals surface area contributed by atoms with Crippen molar-refractivity contribution >= 4 is 28.4 Å². The van der Waals surface area contributed by atoms with Gasteiger partial charge in [0, 0.05) is 18.4 Å². The number of anilines is 1. The molecule has 1 aromatic heterocycles. The van der Waals surface area contributed by atoms with Gasteiger partial charge in [-0.15, -0.1) is 0 Å². The van der Waals surface area contributed by atoms with Crippen LogP contribution in [0.4, 0.5) is 14.5 Å². The van der Waals surface area contributed by atoms with Crippen LogP contribution in [-0.2, 0) is 10.5 Å². The van der Waals surface area contributed by atoms with Gasteiger partial charge in [0.1, 0.15) is 11.2 Å². The van der Waals surface area contributed by atoms with Crippen molar-refractivity contribution in [3.8, 4) is 0 Å². The number of aromatic amines is 1. The summed E-state index contributed by atoms with van der Waals surface area (Å²) in [5.74, 6) is -1.32. The zero-order valence-corrected chi connectivity index (χ0v) is 17.0. The monoisotopic (exact) mass is 425 g/mol. The topological polar surface area (TPSA) is 87.2 Å². The Morgan fingerprint density at radius 1 is 1.28 bits per heavy atom. The number of aromatic nitrogens is 2. The van der Waals surface area contributed by atoms with Crippen molar-refractivity contribution in [3.63, 3.8) is 0 Å². The maximum atomic E-state index is 14.6. The maximum absolute atomic E-state index is 14.6. The van der Waals surface area contributed by atoms with E-state index in [1.165, 1.54) is 6.07 Å². The van der Waals surface area contributed by atoms with E-state index in [1.807, 2.05) is 0 Å². The first-order valence-electron chi connectivity index (χ1n) is 9.94. The number of benzene rings is 1. The third kappa shape index (κ3) is 4.41. The van der Waals surface area contributed by atoms with Gasteiger partial charge in [-0.2, -0.15) is 11.8 Å². The lowest BCUT2D eigenvalue weighted by Gasteiger charge is -2.35. The maximum Gasteiger partial charge on any atom is 0.261 e. The Balaban J connectivity index is 1.53. The highest BCUT2D eigenvalue weighted by Crippen LogP contribution is 2.32. The number of nitrogens with zero attached hydrogens (tertiary/aromatic N) is 1. The van der Waals surface area contributed by atoms with Gasteiger partial charge in [0.05, 0.1) is 29.2 Å². The molecule has 3 N–H and O–H groups in total. The molecule has 0 saturated heterocycles. The zero-order chi connectivity index (χ0) is 20.5. The lowest BCUT2D eigenvalue weighted by molar-refractivity contribution is 0.0328. The number of rotatable bonds is 6. The fraction of sp³-hybridized carbons (Fsp3) is 0.600. The largest absolute Gasteiger partial charge is 0.393 e. The molecule has 4 rings (SSSR count). The quantitative estimate of drug-likeness (QED) is 0.658. The van der Waals surface area contributed by atoms with Crippen LogP contribution in [0.1, 0.15) is 44.3 Å². The van der Waals surface area contributed by atoms with Crippen LogP contribution in [0, 0.1) is 11.6 Å². The molecule has 2 aliphatic rings. The Kier molecular flexibility index (Phi) is 6.08. The molecular formula is C20H25F2N3O3S. The molecule has 9 heteroatoms. The fourth-order valence-electron chi connectivity index (χ4n) is 3.96. The van der Waals surface area contributed by atoms with Crippen molar-refractivity contribution in [2.24, 2.45) is 0 Å². The average molecular weight is 426 g/mol. The molecule has 0 amide bonds. The van der Waals surface area contributed by atoms with Crippen LogP contribution in [0.25, 0.3) is 10.9 Å². The number of aliphatic hydroxyl groups is 1. The Morgan fingerprint density at radius 2 is 2.00 bits per heavy atom. The van der Waals surface area contributed by atoms with Crippen LogP contribution < -0.4 is 10.9 Å². The molecule has 2 aliphatic carbocycles. The van der Waals surface area contributed by atoms with Gasteiger partial charge in [-0.05, 0) is 44.6 Å². The first-order chi connectivity index (χ1) is 13.9. The number of methoxy groups -OCH3 is 1. The molecule has 0 spiro atoms. The molecule has 2 saturated carbocycles. The smallest absolute Gasteiger partial charge is 0.261 e. The van der Waals surface area contributed by atoms with Crippen LogP contribution in [0.5, 0.6) is 0 Å². The Morgan fingerprint density at radius 3 is 2.69 bits per heavy atom. The van der Waals surface area contributed by atoms with Gasteiger partial charge >= 0.3 is 0 Å². The van der Waals surface area contributed by atoms with Gasteiger partial charge < -0.3 is 20.1 Å². The number of nitrogens with one attached hydrogen (secondary N) is 2. The van der Waals surface area contributed by atoms with E-state index < -0.39 is 17.2 Å². The number of H-pyrrole nitrogens is 1. The minimum absolute atomic E-state index is 0.00461. The highest BCUT2D eigenvalue weighted by atomic mass is 32.2. The molecule has 2 fully saturated rings. The Hall–Kier alpha value is -1.71. The lowest BCUT2D eigenvalue weighted by Crippen LogP contribution is -2.40. The first kappa shape index (κ1) is 20.6. The molecule has 0 bridgehead atoms. The summed E-state index contributed by atoms with van der Waals surface area (Å²) < 4.78 is 34.2. The molecule has 158 valence electrons. The van der Waals surface area contributed by atoms with E-state index in [2.05, 4.69) is 15.3 Å². The summed E-state index contributed by atoms with van der Waals surface area (Å²) in [4.78, 5) is 19.3. The molecule has 0 radical (unpaired) electrons. The second-order valence-electron chi connectivity index (χ2n) is 7.87. The van der Waals surface area contributed by atoms with Crippen molar-refractivity contribution in [2.75, 3.05) is 12.4 Å². The molecule has 0 aliphatic heterocycles. The fourth-order valence-corrected chi connectivity index (χ4v) is 5.10. The van der Waals surface area contributed by atoms with E-state index in [9.17, 15) is 18.7 Å². The summed E-state index contributed by atoms with van der Waals surface area (Å²) in [5.41, 5.74) is -0.504. The third-order valence-electron chi connectivity index (χ3n) is 5.81. The highest BCUT2D eigenvalue weighted by Gasteiger charge is 2.30. The molecule has 6 nitrogen and oxygen atoms in total. The molecule has 29 heavy (non-hydrogen) atoms. The van der Waals surface area contributed by atoms with Crippen molar-refractivity contribution in [2.45, 2.75) is 67.8 Å². The first-order valence-corrected chi connectivity index (χ1v) is 11.0. The molecule has 1 heterocycles. The third-order valence-corrected chi connectivity index (χ3v) is 7.20. The Labute approximate surface area is 171 Å². The second-order valence-corrected chi connectivity index (χ2v) is 9.16. The van der Waals surface area contributed by atoms with Gasteiger partial charge in [-0.1, -0.05) is 0 Å². The number of hydrogen-bond acceptors (Lipinski definition) is 6. The summed E-state index contributed by atoms with van der Waals surface area (Å²) in [5, 5.41) is 12.6. The molecule has 0 unspecified atom stereocenters. The van der Waals surface area contributed by atoms with Crippen LogP contribution in [0.3, 0.4) is 0 Å². The molecular weight excluding hydrogens is 400 g/mol. The van der Waals surface area contributed by atoms with Crippen molar-refractivity contribution in [1.29, 1.82) is 0 Å². The van der Waals surface area contributed by atoms with Crippen LogP contribution >= 0.6 is 11.8 Å². The SMILES string of the molecule is CO[C@H]1C[C@@H](Nc2cc3nc(CS[C@H]4CC[C@H](O)CC4)[nH]c(=O)c3c(F)c2F)C1. The molecule has 2 aromatic rings. The predicted molar refractivity (Wildman–Crippen MR) is 109 cm³/mol. The van der Waals surface area contributed by atoms with Crippen LogP contribution in [0.2, 0.25) is 0 Å². The number of hydrogen-bond donors (Lipinski definition) is 3. The van der Waals surface area contributed by atoms with Crippen molar-refractivity contribution < 1.29 is 18.6 Å². The normalized spacial score (nSPS) is 27.0. The van der Waals surface area contributed by atoms with E-state index >= 15 is 0 Å². The Bertz CT molecular complexity index is 941. The average Bonchev–Trinajstić information content (AvgIpc) is 2.67. The van der Waals surface area contributed by atoms with E-state index in [0.29, 0.717) is 16.8 Å². The highest BCUT2D eigenvalue weighted by molar-refractivity contribution is 7.99. The van der Waals surface area contributed by atoms with Crippen molar-refractivity contribution in [3.05, 3.63) is 33.9 Å². The van der Waals surface area contributed by atoms with Gasteiger partial charge in [-0.3, -0.25) is 4.79 Å². The lowest BCUT2D eigenvalue weighted by atomic mass is 9.89. The number of halogens is 2. The van der Waals surface area contributed by atoms with Gasteiger partial charge in [0.2, 0.25) is 0 Å². The molecule has 0 atom stereocenters. The predicted octanol–water partition coefficient (Wildman–Crippen LogP) is 3.33. The number of aliphatic hydroxyl groups excluding tert-OH is 1. The summed E-state index contributed by atoms with van der Waals surface area (Å²) in [6, 6.07) is 1.42. The summed E-state index contributed by atoms with van der Waals surface area (Å²) in [6.07, 6.45) is 4.75. The standard InChI is InChI=1S/C20H25F2N3O3S/c1-28-12-6-10(7-12)23-15-8-14-17(19(22)18(15)21)20(27)25-16(24-14)9-29-13-4-2-11(26)3-5-13/h8,10-13,23,26H,2-7,9H2,1H3,(H,24,25,27)/t10-,11-,12+,13-. The van der Waals surface area contributed by atoms with E-state index in [4.69, 9.17) is 4.74 Å². The molecule has 1 aromatic carbocycles. The van der Waals surface area contributed by atoms with Gasteiger partial charge in [-0.25, -0.2) is 13.8 Å². The van der Waals surface area contributed by atoms with E-state index in [0.717, 1.165) is 38.5 Å². The summed E-state index contributed by atoms with van der Waals surface area (Å²) >= 11 is 1.67. The minimum atomic E-state index is -1.18. The van der Waals surface area contributed by atoms with Gasteiger partial charge in [0.15, 0.2) is 11.6 Å². The van der Waals surface area contributed by atoms with E-state index in [1.54, 1.807) is 18.9 Å². The van der Waals surface area contributed by atoms with Crippen molar-refractivity contribution in [1.82, 2.24) is 9.97 Å². The van der Waals surface area contributed by atoms with Crippen LogP contribution in [-0.4, -0.2) is 45.7 Å². The summed E-state index contributed by atoms with van der Waals surface area (Å²) in [7, 11) is 1.63. The van der Waals surface area contributed by atoms with E-state index in [-0.39, 0.29) is 34.8 Å². The minimum Gasteiger partial charge on any atom is -0.393 e. The van der Waals surface area contributed by atoms with Gasteiger partial charge in [0.25, 0.3) is 5.56 Å². The summed E-state index contributed by atoms with van der Waals surface area (Å²) in [6.45, 7) is 0. The second kappa shape index (κ2) is 8.57. The number of fused-ring (bicyclic) bond motifs is 1. The number of ether oxygens (including phenoxy) is 1. The number of thioether (sulfide) groups is 1. The zero-order valence-electron chi connectivity index (χ0n) is 16.2. The van der Waals surface area contributed by atoms with Crippen LogP contribution in [0.15, 0.2) is 10.9 Å².